The Kier molecular flexibility index (Phi) is 4.94. The van der Waals surface area contributed by atoms with Gasteiger partial charge < -0.3 is 5.32 Å². The van der Waals surface area contributed by atoms with Crippen molar-refractivity contribution in [1.82, 2.24) is 0 Å². The molecule has 0 spiro atoms. The van der Waals surface area contributed by atoms with Crippen LogP contribution in [0.3, 0.4) is 0 Å². The number of halogens is 2. The fourth-order valence-corrected chi connectivity index (χ4v) is 6.22. The first-order valence-corrected chi connectivity index (χ1v) is 10.7. The summed E-state index contributed by atoms with van der Waals surface area (Å²) >= 11 is 15.3. The van der Waals surface area contributed by atoms with Crippen molar-refractivity contribution in [2.75, 3.05) is 5.32 Å². The number of hydrogen-bond acceptors (Lipinski definition) is 4. The summed E-state index contributed by atoms with van der Waals surface area (Å²) in [5.41, 5.74) is 1.72. The quantitative estimate of drug-likeness (QED) is 0.470. The topological polar surface area (TPSA) is 52.9 Å². The van der Waals surface area contributed by atoms with E-state index in [0.29, 0.717) is 25.5 Å². The first-order valence-electron chi connectivity index (χ1n) is 8.32. The highest BCUT2D eigenvalue weighted by atomic mass is 35.5. The third-order valence-corrected chi connectivity index (χ3v) is 7.66. The molecule has 0 radical (unpaired) electrons. The SMILES string of the molecule is N#Cc1c(NC(=O)c2sc3cc(Cl)ccc3c2Cl)sc2c1CCCCC2. The summed E-state index contributed by atoms with van der Waals surface area (Å²) in [5, 5.41) is 15.0. The van der Waals surface area contributed by atoms with E-state index in [9.17, 15) is 10.1 Å². The zero-order valence-electron chi connectivity index (χ0n) is 13.7. The second-order valence-corrected chi connectivity index (χ2v) is 9.19. The van der Waals surface area contributed by atoms with Gasteiger partial charge in [0, 0.05) is 20.0 Å². The fourth-order valence-electron chi connectivity index (χ4n) is 3.29. The van der Waals surface area contributed by atoms with Gasteiger partial charge in [-0.25, -0.2) is 0 Å². The van der Waals surface area contributed by atoms with Crippen LogP contribution < -0.4 is 5.32 Å². The Morgan fingerprint density at radius 2 is 1.96 bits per heavy atom. The van der Waals surface area contributed by atoms with E-state index in [1.165, 1.54) is 34.0 Å². The van der Waals surface area contributed by atoms with Crippen LogP contribution in [0.5, 0.6) is 0 Å². The van der Waals surface area contributed by atoms with Crippen LogP contribution in [0.15, 0.2) is 18.2 Å². The summed E-state index contributed by atoms with van der Waals surface area (Å²) in [6, 6.07) is 7.67. The Morgan fingerprint density at radius 3 is 2.77 bits per heavy atom. The van der Waals surface area contributed by atoms with Crippen LogP contribution in [0.1, 0.15) is 44.9 Å². The summed E-state index contributed by atoms with van der Waals surface area (Å²) in [4.78, 5) is 14.5. The van der Waals surface area contributed by atoms with Crippen molar-refractivity contribution in [1.29, 1.82) is 5.26 Å². The van der Waals surface area contributed by atoms with Crippen molar-refractivity contribution < 1.29 is 4.79 Å². The number of carbonyl (C=O) groups excluding carboxylic acids is 1. The van der Waals surface area contributed by atoms with Crippen molar-refractivity contribution in [3.63, 3.8) is 0 Å². The molecule has 0 bridgehead atoms. The van der Waals surface area contributed by atoms with Crippen LogP contribution in [0, 0.1) is 11.3 Å². The molecule has 1 aliphatic carbocycles. The molecular formula is C19H14Cl2N2OS2. The van der Waals surface area contributed by atoms with Gasteiger partial charge in [0.1, 0.15) is 15.9 Å². The van der Waals surface area contributed by atoms with Crippen molar-refractivity contribution in [2.45, 2.75) is 32.1 Å². The second-order valence-electron chi connectivity index (χ2n) is 6.22. The summed E-state index contributed by atoms with van der Waals surface area (Å²) in [6.07, 6.45) is 5.30. The average Bonchev–Trinajstić information content (AvgIpc) is 3.01. The minimum absolute atomic E-state index is 0.278. The maximum Gasteiger partial charge on any atom is 0.267 e. The Morgan fingerprint density at radius 1 is 1.15 bits per heavy atom. The van der Waals surface area contributed by atoms with Gasteiger partial charge in [0.05, 0.1) is 10.6 Å². The molecule has 0 fully saturated rings. The molecule has 26 heavy (non-hydrogen) atoms. The highest BCUT2D eigenvalue weighted by molar-refractivity contribution is 7.22. The number of nitrogens with one attached hydrogen (secondary N) is 1. The smallest absolute Gasteiger partial charge is 0.267 e. The molecule has 1 amide bonds. The van der Waals surface area contributed by atoms with E-state index in [0.717, 1.165) is 41.3 Å². The lowest BCUT2D eigenvalue weighted by atomic mass is 10.1. The van der Waals surface area contributed by atoms with Crippen LogP contribution >= 0.6 is 45.9 Å². The molecule has 4 rings (SSSR count). The number of benzene rings is 1. The number of aryl methyl sites for hydroxylation is 1. The molecule has 0 unspecified atom stereocenters. The van der Waals surface area contributed by atoms with Gasteiger partial charge in [-0.3, -0.25) is 4.79 Å². The van der Waals surface area contributed by atoms with E-state index < -0.39 is 0 Å². The van der Waals surface area contributed by atoms with E-state index >= 15 is 0 Å². The van der Waals surface area contributed by atoms with Crippen LogP contribution in [0.2, 0.25) is 10.0 Å². The molecule has 2 heterocycles. The number of amides is 1. The molecule has 3 nitrogen and oxygen atoms in total. The van der Waals surface area contributed by atoms with Crippen LogP contribution in [0.4, 0.5) is 5.00 Å². The number of fused-ring (bicyclic) bond motifs is 2. The fraction of sp³-hybridized carbons (Fsp3) is 0.263. The zero-order chi connectivity index (χ0) is 18.3. The molecule has 1 aliphatic rings. The highest BCUT2D eigenvalue weighted by Crippen LogP contribution is 2.40. The van der Waals surface area contributed by atoms with E-state index in [2.05, 4.69) is 11.4 Å². The highest BCUT2D eigenvalue weighted by Gasteiger charge is 2.23. The lowest BCUT2D eigenvalue weighted by Gasteiger charge is -2.03. The average molecular weight is 421 g/mol. The number of rotatable bonds is 2. The van der Waals surface area contributed by atoms with E-state index in [-0.39, 0.29) is 5.91 Å². The number of thiophene rings is 2. The Hall–Kier alpha value is -1.58. The molecular weight excluding hydrogens is 407 g/mol. The van der Waals surface area contributed by atoms with E-state index in [4.69, 9.17) is 23.2 Å². The zero-order valence-corrected chi connectivity index (χ0v) is 16.8. The third kappa shape index (κ3) is 3.12. The Balaban J connectivity index is 1.69. The predicted octanol–water partition coefficient (Wildman–Crippen LogP) is 6.66. The first-order chi connectivity index (χ1) is 12.6. The summed E-state index contributed by atoms with van der Waals surface area (Å²) in [5.74, 6) is -0.278. The van der Waals surface area contributed by atoms with Gasteiger partial charge >= 0.3 is 0 Å². The van der Waals surface area contributed by atoms with E-state index in [1.807, 2.05) is 6.07 Å². The molecule has 7 heteroatoms. The number of carbonyl (C=O) groups is 1. The molecule has 3 aromatic rings. The van der Waals surface area contributed by atoms with Gasteiger partial charge in [-0.15, -0.1) is 22.7 Å². The number of hydrogen-bond donors (Lipinski definition) is 1. The van der Waals surface area contributed by atoms with Crippen molar-refractivity contribution in [2.24, 2.45) is 0 Å². The van der Waals surface area contributed by atoms with Crippen molar-refractivity contribution in [3.8, 4) is 6.07 Å². The number of anilines is 1. The minimum Gasteiger partial charge on any atom is -0.312 e. The monoisotopic (exact) mass is 420 g/mol. The second kappa shape index (κ2) is 7.21. The number of nitrogens with zero attached hydrogens (tertiary/aromatic N) is 1. The largest absolute Gasteiger partial charge is 0.312 e. The lowest BCUT2D eigenvalue weighted by Crippen LogP contribution is -2.10. The summed E-state index contributed by atoms with van der Waals surface area (Å²) in [7, 11) is 0. The first kappa shape index (κ1) is 17.8. The molecule has 132 valence electrons. The molecule has 0 atom stereocenters. The maximum atomic E-state index is 12.8. The molecule has 1 N–H and O–H groups in total. The Bertz CT molecular complexity index is 1060. The summed E-state index contributed by atoms with van der Waals surface area (Å²) in [6.45, 7) is 0. The van der Waals surface area contributed by atoms with Crippen LogP contribution in [-0.2, 0) is 12.8 Å². The van der Waals surface area contributed by atoms with Gasteiger partial charge in [-0.05, 0) is 43.4 Å². The van der Waals surface area contributed by atoms with E-state index in [1.54, 1.807) is 12.1 Å². The maximum absolute atomic E-state index is 12.8. The molecule has 1 aromatic carbocycles. The van der Waals surface area contributed by atoms with Gasteiger partial charge in [0.15, 0.2) is 0 Å². The van der Waals surface area contributed by atoms with Crippen LogP contribution in [-0.4, -0.2) is 5.91 Å². The van der Waals surface area contributed by atoms with Gasteiger partial charge in [0.25, 0.3) is 5.91 Å². The van der Waals surface area contributed by atoms with Crippen molar-refractivity contribution >= 4 is 66.9 Å². The van der Waals surface area contributed by atoms with Gasteiger partial charge in [-0.1, -0.05) is 35.7 Å². The van der Waals surface area contributed by atoms with Gasteiger partial charge in [-0.2, -0.15) is 5.26 Å². The van der Waals surface area contributed by atoms with Crippen molar-refractivity contribution in [3.05, 3.63) is 49.1 Å². The lowest BCUT2D eigenvalue weighted by molar-refractivity contribution is 0.103. The van der Waals surface area contributed by atoms with Gasteiger partial charge in [0.2, 0.25) is 0 Å². The molecule has 0 saturated heterocycles. The number of nitriles is 1. The molecule has 0 saturated carbocycles. The standard InChI is InChI=1S/C19H14Cl2N2OS2/c20-10-6-7-12-15(8-10)25-17(16(12)21)18(24)23-19-13(9-22)11-4-2-1-3-5-14(11)26-19/h6-8H,1-5H2,(H,23,24). The molecule has 0 aliphatic heterocycles. The Labute approximate surface area is 169 Å². The summed E-state index contributed by atoms with van der Waals surface area (Å²) < 4.78 is 0.870. The predicted molar refractivity (Wildman–Crippen MR) is 110 cm³/mol. The molecule has 2 aromatic heterocycles. The third-order valence-electron chi connectivity index (χ3n) is 4.56. The normalized spacial score (nSPS) is 13.9. The van der Waals surface area contributed by atoms with Crippen LogP contribution in [0.25, 0.3) is 10.1 Å². The minimum atomic E-state index is -0.278.